The average molecular weight is 233 g/mol. The Balaban J connectivity index is 3.22. The molecule has 5 heteroatoms. The van der Waals surface area contributed by atoms with Gasteiger partial charge in [0.05, 0.1) is 13.0 Å². The summed E-state index contributed by atoms with van der Waals surface area (Å²) in [7, 11) is 1.34. The molecule has 0 aliphatic carbocycles. The fraction of sp³-hybridized carbons (Fsp3) is 0.300. The number of benzene rings is 1. The molecule has 0 spiro atoms. The Kier molecular flexibility index (Phi) is 3.52. The van der Waals surface area contributed by atoms with Gasteiger partial charge in [-0.3, -0.25) is 4.79 Å². The van der Waals surface area contributed by atoms with Crippen LogP contribution >= 0.6 is 11.6 Å². The van der Waals surface area contributed by atoms with Crippen LogP contribution in [0.3, 0.4) is 0 Å². The second-order valence-electron chi connectivity index (χ2n) is 3.08. The first kappa shape index (κ1) is 11.8. The van der Waals surface area contributed by atoms with Crippen molar-refractivity contribution in [1.29, 1.82) is 0 Å². The number of rotatable bonds is 3. The Morgan fingerprint density at radius 2 is 2.20 bits per heavy atom. The highest BCUT2D eigenvalue weighted by Crippen LogP contribution is 2.31. The van der Waals surface area contributed by atoms with Crippen molar-refractivity contribution in [2.45, 2.75) is 12.8 Å². The summed E-state index contributed by atoms with van der Waals surface area (Å²) in [6.07, 6.45) is 0. The van der Waals surface area contributed by atoms with Crippen LogP contribution in [0.4, 0.5) is 4.39 Å². The van der Waals surface area contributed by atoms with E-state index in [0.29, 0.717) is 5.56 Å². The molecule has 0 radical (unpaired) electrons. The van der Waals surface area contributed by atoms with E-state index in [1.165, 1.54) is 20.1 Å². The van der Waals surface area contributed by atoms with Gasteiger partial charge in [0.1, 0.15) is 16.6 Å². The van der Waals surface area contributed by atoms with Crippen LogP contribution in [0.5, 0.6) is 5.75 Å². The van der Waals surface area contributed by atoms with Crippen molar-refractivity contribution < 1.29 is 19.0 Å². The van der Waals surface area contributed by atoms with E-state index < -0.39 is 17.7 Å². The van der Waals surface area contributed by atoms with Crippen molar-refractivity contribution in [1.82, 2.24) is 0 Å². The molecule has 0 saturated carbocycles. The van der Waals surface area contributed by atoms with Crippen LogP contribution in [-0.4, -0.2) is 18.2 Å². The molecular weight excluding hydrogens is 223 g/mol. The van der Waals surface area contributed by atoms with E-state index in [1.807, 2.05) is 0 Å². The number of hydrogen-bond acceptors (Lipinski definition) is 2. The Morgan fingerprint density at radius 3 is 2.67 bits per heavy atom. The first-order valence-corrected chi connectivity index (χ1v) is 4.61. The van der Waals surface area contributed by atoms with Crippen molar-refractivity contribution in [2.75, 3.05) is 7.11 Å². The predicted molar refractivity (Wildman–Crippen MR) is 54.0 cm³/mol. The van der Waals surface area contributed by atoms with E-state index in [1.54, 1.807) is 0 Å². The van der Waals surface area contributed by atoms with Gasteiger partial charge in [-0.05, 0) is 24.6 Å². The number of carboxylic acid groups (broad SMARTS) is 1. The zero-order valence-corrected chi connectivity index (χ0v) is 9.01. The molecule has 0 amide bonds. The molecule has 0 aromatic heterocycles. The fourth-order valence-corrected chi connectivity index (χ4v) is 1.31. The van der Waals surface area contributed by atoms with Gasteiger partial charge < -0.3 is 9.84 Å². The van der Waals surface area contributed by atoms with Gasteiger partial charge >= 0.3 is 5.97 Å². The van der Waals surface area contributed by atoms with Crippen LogP contribution in [0.1, 0.15) is 18.4 Å². The maximum atomic E-state index is 13.2. The lowest BCUT2D eigenvalue weighted by molar-refractivity contribution is -0.138. The van der Waals surface area contributed by atoms with Crippen LogP contribution in [0, 0.1) is 5.82 Å². The minimum atomic E-state index is -1.03. The Hall–Kier alpha value is -1.29. The van der Waals surface area contributed by atoms with Crippen LogP contribution in [-0.2, 0) is 4.79 Å². The summed E-state index contributed by atoms with van der Waals surface area (Å²) < 4.78 is 18.1. The summed E-state index contributed by atoms with van der Waals surface area (Å²) in [5, 5.41) is 8.62. The number of hydrogen-bond donors (Lipinski definition) is 1. The van der Waals surface area contributed by atoms with E-state index in [9.17, 15) is 9.18 Å². The van der Waals surface area contributed by atoms with E-state index in [0.717, 1.165) is 6.07 Å². The third-order valence-corrected chi connectivity index (χ3v) is 2.47. The smallest absolute Gasteiger partial charge is 0.310 e. The normalized spacial score (nSPS) is 12.3. The predicted octanol–water partition coefficient (Wildman–Crippen LogP) is 2.68. The lowest BCUT2D eigenvalue weighted by atomic mass is 10.0. The molecule has 1 aromatic carbocycles. The van der Waals surface area contributed by atoms with Gasteiger partial charge in [0.2, 0.25) is 0 Å². The molecule has 0 saturated heterocycles. The van der Waals surface area contributed by atoms with E-state index >= 15 is 0 Å². The Labute approximate surface area is 91.4 Å². The number of ether oxygens (including phenoxy) is 1. The minimum absolute atomic E-state index is 0.139. The molecule has 1 N–H and O–H groups in total. The Bertz CT molecular complexity index is 392. The van der Waals surface area contributed by atoms with Gasteiger partial charge in [0.15, 0.2) is 0 Å². The van der Waals surface area contributed by atoms with E-state index in [-0.39, 0.29) is 10.8 Å². The third kappa shape index (κ3) is 2.39. The van der Waals surface area contributed by atoms with Gasteiger partial charge in [0, 0.05) is 0 Å². The number of aliphatic carboxylic acids is 1. The molecule has 82 valence electrons. The highest BCUT2D eigenvalue weighted by molar-refractivity contribution is 6.32. The largest absolute Gasteiger partial charge is 0.495 e. The first-order valence-electron chi connectivity index (χ1n) is 4.23. The van der Waals surface area contributed by atoms with E-state index in [4.69, 9.17) is 21.4 Å². The van der Waals surface area contributed by atoms with Gasteiger partial charge in [-0.1, -0.05) is 11.6 Å². The lowest BCUT2D eigenvalue weighted by Crippen LogP contribution is -2.08. The summed E-state index contributed by atoms with van der Waals surface area (Å²) in [5.74, 6) is -2.37. The molecule has 0 bridgehead atoms. The monoisotopic (exact) mass is 232 g/mol. The van der Waals surface area contributed by atoms with Crippen LogP contribution in [0.25, 0.3) is 0 Å². The molecule has 15 heavy (non-hydrogen) atoms. The number of methoxy groups -OCH3 is 1. The fourth-order valence-electron chi connectivity index (χ4n) is 1.12. The highest BCUT2D eigenvalue weighted by atomic mass is 35.5. The summed E-state index contributed by atoms with van der Waals surface area (Å²) in [6.45, 7) is 1.46. The quantitative estimate of drug-likeness (QED) is 0.872. The van der Waals surface area contributed by atoms with Crippen LogP contribution in [0.15, 0.2) is 12.1 Å². The van der Waals surface area contributed by atoms with Crippen molar-refractivity contribution in [3.05, 3.63) is 28.5 Å². The molecule has 0 heterocycles. The SMILES string of the molecule is COc1cc(C(C)C(=O)O)cc(F)c1Cl. The third-order valence-electron chi connectivity index (χ3n) is 2.11. The topological polar surface area (TPSA) is 46.5 Å². The molecule has 1 atom stereocenters. The summed E-state index contributed by atoms with van der Waals surface area (Å²) in [4.78, 5) is 10.7. The molecular formula is C10H10ClFO3. The molecule has 1 rings (SSSR count). The molecule has 1 aromatic rings. The summed E-state index contributed by atoms with van der Waals surface area (Å²) in [5.41, 5.74) is 0.321. The summed E-state index contributed by atoms with van der Waals surface area (Å²) in [6, 6.07) is 2.52. The second-order valence-corrected chi connectivity index (χ2v) is 3.46. The van der Waals surface area contributed by atoms with Gasteiger partial charge in [-0.2, -0.15) is 0 Å². The average Bonchev–Trinajstić information content (AvgIpc) is 2.20. The zero-order valence-electron chi connectivity index (χ0n) is 8.25. The maximum Gasteiger partial charge on any atom is 0.310 e. The van der Waals surface area contributed by atoms with Gasteiger partial charge in [-0.25, -0.2) is 4.39 Å². The molecule has 0 aliphatic rings. The van der Waals surface area contributed by atoms with Crippen LogP contribution in [0.2, 0.25) is 5.02 Å². The van der Waals surface area contributed by atoms with Gasteiger partial charge in [-0.15, -0.1) is 0 Å². The number of halogens is 2. The lowest BCUT2D eigenvalue weighted by Gasteiger charge is -2.10. The van der Waals surface area contributed by atoms with Crippen LogP contribution < -0.4 is 4.74 Å². The first-order chi connectivity index (χ1) is 6.97. The van der Waals surface area contributed by atoms with Crippen molar-refractivity contribution in [3.63, 3.8) is 0 Å². The zero-order chi connectivity index (χ0) is 11.6. The van der Waals surface area contributed by atoms with Crippen molar-refractivity contribution >= 4 is 17.6 Å². The van der Waals surface area contributed by atoms with E-state index in [2.05, 4.69) is 0 Å². The minimum Gasteiger partial charge on any atom is -0.495 e. The highest BCUT2D eigenvalue weighted by Gasteiger charge is 2.18. The summed E-state index contributed by atoms with van der Waals surface area (Å²) >= 11 is 5.60. The van der Waals surface area contributed by atoms with Crippen molar-refractivity contribution in [3.8, 4) is 5.75 Å². The standard InChI is InChI=1S/C10H10ClFO3/c1-5(10(13)14)6-3-7(12)9(11)8(4-6)15-2/h3-5H,1-2H3,(H,13,14). The Morgan fingerprint density at radius 1 is 1.60 bits per heavy atom. The van der Waals surface area contributed by atoms with Gasteiger partial charge in [0.25, 0.3) is 0 Å². The van der Waals surface area contributed by atoms with Crippen molar-refractivity contribution in [2.24, 2.45) is 0 Å². The second kappa shape index (κ2) is 4.49. The molecule has 0 aliphatic heterocycles. The molecule has 1 unspecified atom stereocenters. The molecule has 3 nitrogen and oxygen atoms in total. The number of carboxylic acids is 1. The molecule has 0 fully saturated rings. The maximum absolute atomic E-state index is 13.2. The number of carbonyl (C=O) groups is 1.